The number of halogens is 1. The molecule has 0 fully saturated rings. The summed E-state index contributed by atoms with van der Waals surface area (Å²) in [5, 5.41) is 0.428. The summed E-state index contributed by atoms with van der Waals surface area (Å²) in [5.74, 6) is 0.229. The number of sulfonamides is 1. The molecule has 0 aliphatic carbocycles. The smallest absolute Gasteiger partial charge is 0.243 e. The summed E-state index contributed by atoms with van der Waals surface area (Å²) >= 11 is 5.69. The van der Waals surface area contributed by atoms with E-state index in [4.69, 9.17) is 16.3 Å². The van der Waals surface area contributed by atoms with E-state index in [2.05, 4.69) is 4.72 Å². The van der Waals surface area contributed by atoms with Gasteiger partial charge in [0.25, 0.3) is 0 Å². The van der Waals surface area contributed by atoms with Crippen molar-refractivity contribution >= 4 is 21.6 Å². The van der Waals surface area contributed by atoms with Gasteiger partial charge in [-0.2, -0.15) is 0 Å². The maximum atomic E-state index is 11.5. The zero-order valence-corrected chi connectivity index (χ0v) is 9.32. The van der Waals surface area contributed by atoms with Crippen molar-refractivity contribution in [2.75, 3.05) is 14.2 Å². The second kappa shape index (κ2) is 4.16. The molecule has 0 amide bonds. The Kier molecular flexibility index (Phi) is 3.36. The molecule has 0 radical (unpaired) electrons. The molecule has 4 nitrogen and oxygen atoms in total. The van der Waals surface area contributed by atoms with Gasteiger partial charge in [0.2, 0.25) is 10.0 Å². The van der Waals surface area contributed by atoms with Gasteiger partial charge < -0.3 is 4.74 Å². The van der Waals surface area contributed by atoms with Gasteiger partial charge >= 0.3 is 0 Å². The molecule has 6 heteroatoms. The minimum absolute atomic E-state index is 0.0758. The molecule has 0 aliphatic heterocycles. The molecule has 0 saturated heterocycles. The van der Waals surface area contributed by atoms with Crippen LogP contribution in [-0.4, -0.2) is 22.6 Å². The first-order chi connectivity index (χ1) is 6.51. The fourth-order valence-electron chi connectivity index (χ4n) is 0.973. The highest BCUT2D eigenvalue weighted by Gasteiger charge is 2.17. The van der Waals surface area contributed by atoms with Crippen LogP contribution in [0.1, 0.15) is 0 Å². The Hall–Kier alpha value is -0.780. The summed E-state index contributed by atoms with van der Waals surface area (Å²) in [6.45, 7) is 0. The van der Waals surface area contributed by atoms with Crippen molar-refractivity contribution in [2.45, 2.75) is 4.90 Å². The third-order valence-corrected chi connectivity index (χ3v) is 3.37. The molecule has 14 heavy (non-hydrogen) atoms. The molecule has 1 aromatic carbocycles. The van der Waals surface area contributed by atoms with E-state index in [0.717, 1.165) is 0 Å². The molecule has 1 aromatic rings. The second-order valence-corrected chi connectivity index (χ2v) is 4.79. The Labute approximate surface area is 87.9 Å². The van der Waals surface area contributed by atoms with E-state index >= 15 is 0 Å². The first-order valence-electron chi connectivity index (χ1n) is 3.78. The van der Waals surface area contributed by atoms with Crippen molar-refractivity contribution in [1.82, 2.24) is 4.72 Å². The van der Waals surface area contributed by atoms with Gasteiger partial charge in [-0.05, 0) is 19.2 Å². The fraction of sp³-hybridized carbons (Fsp3) is 0.250. The van der Waals surface area contributed by atoms with E-state index < -0.39 is 10.0 Å². The van der Waals surface area contributed by atoms with E-state index in [1.54, 1.807) is 0 Å². The number of hydrogen-bond acceptors (Lipinski definition) is 3. The van der Waals surface area contributed by atoms with Crippen LogP contribution in [0.15, 0.2) is 23.1 Å². The quantitative estimate of drug-likeness (QED) is 0.858. The molecule has 0 aliphatic rings. The lowest BCUT2D eigenvalue weighted by molar-refractivity contribution is 0.402. The van der Waals surface area contributed by atoms with Crippen LogP contribution in [0.25, 0.3) is 0 Å². The second-order valence-electron chi connectivity index (χ2n) is 2.50. The van der Waals surface area contributed by atoms with Crippen LogP contribution >= 0.6 is 11.6 Å². The monoisotopic (exact) mass is 235 g/mol. The number of hydrogen-bond donors (Lipinski definition) is 1. The van der Waals surface area contributed by atoms with Gasteiger partial charge in [-0.3, -0.25) is 0 Å². The molecular weight excluding hydrogens is 226 g/mol. The summed E-state index contributed by atoms with van der Waals surface area (Å²) in [4.78, 5) is 0.0758. The third-order valence-electron chi connectivity index (χ3n) is 1.68. The average molecular weight is 236 g/mol. The zero-order chi connectivity index (χ0) is 10.8. The topological polar surface area (TPSA) is 55.4 Å². The number of methoxy groups -OCH3 is 1. The highest BCUT2D eigenvalue weighted by atomic mass is 35.5. The Morgan fingerprint density at radius 3 is 2.57 bits per heavy atom. The summed E-state index contributed by atoms with van der Waals surface area (Å²) < 4.78 is 30.0. The first-order valence-corrected chi connectivity index (χ1v) is 5.64. The molecule has 0 saturated carbocycles. The number of ether oxygens (including phenoxy) is 1. The van der Waals surface area contributed by atoms with Gasteiger partial charge in [0, 0.05) is 11.1 Å². The Morgan fingerprint density at radius 2 is 2.07 bits per heavy atom. The van der Waals surface area contributed by atoms with Crippen molar-refractivity contribution in [3.8, 4) is 5.75 Å². The van der Waals surface area contributed by atoms with Gasteiger partial charge in [-0.1, -0.05) is 11.6 Å². The highest BCUT2D eigenvalue weighted by Crippen LogP contribution is 2.26. The molecule has 0 spiro atoms. The molecule has 0 aromatic heterocycles. The lowest BCUT2D eigenvalue weighted by Crippen LogP contribution is -2.19. The Balaban J connectivity index is 3.35. The van der Waals surface area contributed by atoms with Crippen molar-refractivity contribution in [2.24, 2.45) is 0 Å². The predicted molar refractivity (Wildman–Crippen MR) is 54.2 cm³/mol. The molecule has 1 N–H and O–H groups in total. The maximum Gasteiger partial charge on any atom is 0.243 e. The van der Waals surface area contributed by atoms with Crippen LogP contribution in [0.4, 0.5) is 0 Å². The van der Waals surface area contributed by atoms with E-state index in [1.807, 2.05) is 0 Å². The lowest BCUT2D eigenvalue weighted by atomic mass is 10.3. The van der Waals surface area contributed by atoms with Gasteiger partial charge in [0.05, 0.1) is 7.11 Å². The summed E-state index contributed by atoms with van der Waals surface area (Å²) in [7, 11) is -0.765. The molecule has 0 heterocycles. The molecule has 78 valence electrons. The molecule has 0 unspecified atom stereocenters. The minimum Gasteiger partial charge on any atom is -0.495 e. The largest absolute Gasteiger partial charge is 0.495 e. The number of nitrogens with one attached hydrogen (secondary N) is 1. The van der Waals surface area contributed by atoms with Crippen LogP contribution in [0.3, 0.4) is 0 Å². The molecule has 0 bridgehead atoms. The van der Waals surface area contributed by atoms with Gasteiger partial charge in [-0.25, -0.2) is 13.1 Å². The van der Waals surface area contributed by atoms with Crippen LogP contribution < -0.4 is 9.46 Å². The van der Waals surface area contributed by atoms with E-state index in [0.29, 0.717) is 5.02 Å². The fourth-order valence-corrected chi connectivity index (χ4v) is 2.01. The van der Waals surface area contributed by atoms with Gasteiger partial charge in [0.15, 0.2) is 0 Å². The molecule has 0 atom stereocenters. The summed E-state index contributed by atoms with van der Waals surface area (Å²) in [6.07, 6.45) is 0. The van der Waals surface area contributed by atoms with Gasteiger partial charge in [-0.15, -0.1) is 0 Å². The van der Waals surface area contributed by atoms with Crippen LogP contribution in [0.5, 0.6) is 5.75 Å². The first kappa shape index (κ1) is 11.3. The van der Waals surface area contributed by atoms with Crippen molar-refractivity contribution < 1.29 is 13.2 Å². The van der Waals surface area contributed by atoms with Crippen molar-refractivity contribution in [3.63, 3.8) is 0 Å². The summed E-state index contributed by atoms with van der Waals surface area (Å²) in [6, 6.07) is 4.34. The minimum atomic E-state index is -3.49. The SMILES string of the molecule is CNS(=O)(=O)c1ccc(Cl)cc1OC. The molecular formula is C8H10ClNO3S. The number of benzene rings is 1. The zero-order valence-electron chi connectivity index (χ0n) is 7.74. The standard InChI is InChI=1S/C8H10ClNO3S/c1-10-14(11,12)8-4-3-6(9)5-7(8)13-2/h3-5,10H,1-2H3. The van der Waals surface area contributed by atoms with Crippen LogP contribution in [0.2, 0.25) is 5.02 Å². The highest BCUT2D eigenvalue weighted by molar-refractivity contribution is 7.89. The average Bonchev–Trinajstić information content (AvgIpc) is 2.17. The molecule has 1 rings (SSSR count). The predicted octanol–water partition coefficient (Wildman–Crippen LogP) is 1.26. The Morgan fingerprint density at radius 1 is 1.43 bits per heavy atom. The van der Waals surface area contributed by atoms with Crippen molar-refractivity contribution in [3.05, 3.63) is 23.2 Å². The van der Waals surface area contributed by atoms with Crippen LogP contribution in [0, 0.1) is 0 Å². The normalized spacial score (nSPS) is 11.4. The summed E-state index contributed by atoms with van der Waals surface area (Å²) in [5.41, 5.74) is 0. The van der Waals surface area contributed by atoms with E-state index in [-0.39, 0.29) is 10.6 Å². The van der Waals surface area contributed by atoms with E-state index in [9.17, 15) is 8.42 Å². The van der Waals surface area contributed by atoms with E-state index in [1.165, 1.54) is 32.4 Å². The van der Waals surface area contributed by atoms with Gasteiger partial charge in [0.1, 0.15) is 10.6 Å². The third kappa shape index (κ3) is 2.17. The maximum absolute atomic E-state index is 11.5. The van der Waals surface area contributed by atoms with Crippen LogP contribution in [-0.2, 0) is 10.0 Å². The van der Waals surface area contributed by atoms with Crippen molar-refractivity contribution in [1.29, 1.82) is 0 Å². The lowest BCUT2D eigenvalue weighted by Gasteiger charge is -2.08. The number of rotatable bonds is 3. The Bertz CT molecular complexity index is 430.